The van der Waals surface area contributed by atoms with E-state index >= 15 is 0 Å². The summed E-state index contributed by atoms with van der Waals surface area (Å²) in [6.45, 7) is 2.74. The Morgan fingerprint density at radius 3 is 2.95 bits per heavy atom. The molecule has 1 saturated heterocycles. The second-order valence-electron chi connectivity index (χ2n) is 5.35. The van der Waals surface area contributed by atoms with Crippen LogP contribution >= 0.6 is 23.2 Å². The molecule has 1 N–H and O–H groups in total. The third-order valence-corrected chi connectivity index (χ3v) is 4.55. The number of ether oxygens (including phenoxy) is 1. The number of benzene rings is 1. The van der Waals surface area contributed by atoms with Crippen molar-refractivity contribution >= 4 is 23.2 Å². The highest BCUT2D eigenvalue weighted by atomic mass is 35.5. The number of hydrogen-bond donors (Lipinski definition) is 1. The van der Waals surface area contributed by atoms with Crippen LogP contribution in [0.2, 0.25) is 10.0 Å². The van der Waals surface area contributed by atoms with Gasteiger partial charge in [0.05, 0.1) is 21.8 Å². The first kappa shape index (κ1) is 15.1. The first-order valence-corrected chi connectivity index (χ1v) is 7.56. The Bertz CT molecular complexity index is 434. The molecular formula is C15H20Cl2O2. The van der Waals surface area contributed by atoms with Crippen LogP contribution in [0.25, 0.3) is 0 Å². The predicted octanol–water partition coefficient (Wildman–Crippen LogP) is 4.25. The van der Waals surface area contributed by atoms with Crippen LogP contribution in [0.3, 0.4) is 0 Å². The van der Waals surface area contributed by atoms with E-state index in [0.29, 0.717) is 35.9 Å². The first-order valence-electron chi connectivity index (χ1n) is 6.81. The van der Waals surface area contributed by atoms with Gasteiger partial charge in [0.2, 0.25) is 0 Å². The molecule has 2 rings (SSSR count). The summed E-state index contributed by atoms with van der Waals surface area (Å²) in [4.78, 5) is 0. The van der Waals surface area contributed by atoms with Gasteiger partial charge in [0.15, 0.2) is 0 Å². The van der Waals surface area contributed by atoms with Crippen molar-refractivity contribution in [3.63, 3.8) is 0 Å². The third kappa shape index (κ3) is 3.85. The summed E-state index contributed by atoms with van der Waals surface area (Å²) in [6, 6.07) is 5.56. The molecule has 0 spiro atoms. The Kier molecular flexibility index (Phi) is 5.13. The van der Waals surface area contributed by atoms with Crippen LogP contribution in [-0.2, 0) is 11.2 Å². The molecule has 19 heavy (non-hydrogen) atoms. The number of halogens is 2. The van der Waals surface area contributed by atoms with Crippen LogP contribution in [0.4, 0.5) is 0 Å². The maximum Gasteiger partial charge on any atom is 0.0735 e. The highest BCUT2D eigenvalue weighted by Crippen LogP contribution is 2.34. The molecule has 106 valence electrons. The molecule has 0 aromatic heterocycles. The van der Waals surface area contributed by atoms with Crippen molar-refractivity contribution in [3.05, 3.63) is 33.8 Å². The van der Waals surface area contributed by atoms with Crippen LogP contribution < -0.4 is 0 Å². The Hall–Kier alpha value is -0.280. The minimum Gasteiger partial charge on any atom is -0.389 e. The summed E-state index contributed by atoms with van der Waals surface area (Å²) in [6.07, 6.45) is 4.07. The Labute approximate surface area is 124 Å². The van der Waals surface area contributed by atoms with Crippen molar-refractivity contribution in [1.82, 2.24) is 0 Å². The molecule has 2 unspecified atom stereocenters. The molecule has 1 aliphatic rings. The maximum atomic E-state index is 10.8. The predicted molar refractivity (Wildman–Crippen MR) is 79.0 cm³/mol. The average molecular weight is 303 g/mol. The summed E-state index contributed by atoms with van der Waals surface area (Å²) in [7, 11) is 0. The summed E-state index contributed by atoms with van der Waals surface area (Å²) < 4.78 is 5.69. The zero-order valence-corrected chi connectivity index (χ0v) is 12.7. The fourth-order valence-corrected chi connectivity index (χ4v) is 3.09. The van der Waals surface area contributed by atoms with Gasteiger partial charge in [0.1, 0.15) is 0 Å². The molecule has 1 aromatic carbocycles. The van der Waals surface area contributed by atoms with Crippen molar-refractivity contribution in [2.45, 2.75) is 50.7 Å². The number of rotatable bonds is 4. The lowest BCUT2D eigenvalue weighted by Gasteiger charge is -2.37. The molecule has 1 aromatic rings. The van der Waals surface area contributed by atoms with Crippen LogP contribution in [0.1, 0.15) is 38.2 Å². The lowest BCUT2D eigenvalue weighted by atomic mass is 9.83. The highest BCUT2D eigenvalue weighted by Gasteiger charge is 2.35. The Balaban J connectivity index is 2.10. The molecule has 1 heterocycles. The molecule has 0 aliphatic carbocycles. The van der Waals surface area contributed by atoms with Crippen molar-refractivity contribution < 1.29 is 9.84 Å². The van der Waals surface area contributed by atoms with Crippen molar-refractivity contribution in [2.75, 3.05) is 6.61 Å². The average Bonchev–Trinajstić information content (AvgIpc) is 2.35. The monoisotopic (exact) mass is 302 g/mol. The Morgan fingerprint density at radius 1 is 1.42 bits per heavy atom. The first-order chi connectivity index (χ1) is 9.04. The van der Waals surface area contributed by atoms with Crippen LogP contribution in [0.15, 0.2) is 18.2 Å². The fraction of sp³-hybridized carbons (Fsp3) is 0.600. The van der Waals surface area contributed by atoms with Gasteiger partial charge in [-0.3, -0.25) is 0 Å². The largest absolute Gasteiger partial charge is 0.389 e. The molecule has 0 saturated carbocycles. The van der Waals surface area contributed by atoms with Gasteiger partial charge in [-0.15, -0.1) is 0 Å². The third-order valence-electron chi connectivity index (χ3n) is 3.69. The van der Waals surface area contributed by atoms with Gasteiger partial charge >= 0.3 is 0 Å². The molecule has 4 heteroatoms. The molecule has 0 radical (unpaired) electrons. The molecular weight excluding hydrogens is 283 g/mol. The van der Waals surface area contributed by atoms with Gasteiger partial charge in [-0.2, -0.15) is 0 Å². The Morgan fingerprint density at radius 2 is 2.21 bits per heavy atom. The molecule has 1 fully saturated rings. The molecule has 2 atom stereocenters. The highest BCUT2D eigenvalue weighted by molar-refractivity contribution is 6.42. The zero-order chi connectivity index (χ0) is 13.9. The SMILES string of the molecule is CCCC1CC(O)(Cc2cccc(Cl)c2Cl)CCO1. The smallest absolute Gasteiger partial charge is 0.0735 e. The van der Waals surface area contributed by atoms with Crippen LogP contribution in [-0.4, -0.2) is 23.4 Å². The second kappa shape index (κ2) is 6.45. The second-order valence-corrected chi connectivity index (χ2v) is 6.13. The van der Waals surface area contributed by atoms with E-state index in [1.165, 1.54) is 0 Å². The standard InChI is InChI=1S/C15H20Cl2O2/c1-2-4-12-10-15(18,7-8-19-12)9-11-5-3-6-13(16)14(11)17/h3,5-6,12,18H,2,4,7-10H2,1H3. The lowest BCUT2D eigenvalue weighted by molar-refractivity contribution is -0.104. The van der Waals surface area contributed by atoms with E-state index in [-0.39, 0.29) is 6.10 Å². The van der Waals surface area contributed by atoms with Crippen LogP contribution in [0, 0.1) is 0 Å². The summed E-state index contributed by atoms with van der Waals surface area (Å²) in [5.74, 6) is 0. The number of aliphatic hydroxyl groups is 1. The summed E-state index contributed by atoms with van der Waals surface area (Å²) >= 11 is 12.2. The van der Waals surface area contributed by atoms with Gasteiger partial charge in [-0.1, -0.05) is 48.7 Å². The van der Waals surface area contributed by atoms with E-state index in [9.17, 15) is 5.11 Å². The summed E-state index contributed by atoms with van der Waals surface area (Å²) in [5.41, 5.74) is 0.181. The lowest BCUT2D eigenvalue weighted by Crippen LogP contribution is -2.42. The molecule has 0 amide bonds. The van der Waals surface area contributed by atoms with Gasteiger partial charge in [0, 0.05) is 19.4 Å². The molecule has 0 bridgehead atoms. The van der Waals surface area contributed by atoms with Gasteiger partial charge < -0.3 is 9.84 Å². The maximum absolute atomic E-state index is 10.8. The number of hydrogen-bond acceptors (Lipinski definition) is 2. The van der Waals surface area contributed by atoms with Gasteiger partial charge in [0.25, 0.3) is 0 Å². The van der Waals surface area contributed by atoms with E-state index in [1.54, 1.807) is 6.07 Å². The van der Waals surface area contributed by atoms with E-state index in [1.807, 2.05) is 12.1 Å². The quantitative estimate of drug-likeness (QED) is 0.901. The van der Waals surface area contributed by atoms with E-state index in [4.69, 9.17) is 27.9 Å². The van der Waals surface area contributed by atoms with Crippen molar-refractivity contribution in [3.8, 4) is 0 Å². The van der Waals surface area contributed by atoms with Crippen molar-refractivity contribution in [2.24, 2.45) is 0 Å². The normalized spacial score (nSPS) is 27.5. The van der Waals surface area contributed by atoms with Crippen LogP contribution in [0.5, 0.6) is 0 Å². The van der Waals surface area contributed by atoms with E-state index in [0.717, 1.165) is 18.4 Å². The van der Waals surface area contributed by atoms with Crippen molar-refractivity contribution in [1.29, 1.82) is 0 Å². The van der Waals surface area contributed by atoms with E-state index < -0.39 is 5.60 Å². The minimum atomic E-state index is -0.730. The van der Waals surface area contributed by atoms with Gasteiger partial charge in [-0.25, -0.2) is 0 Å². The topological polar surface area (TPSA) is 29.5 Å². The fourth-order valence-electron chi connectivity index (χ4n) is 2.71. The summed E-state index contributed by atoms with van der Waals surface area (Å²) in [5, 5.41) is 11.8. The molecule has 2 nitrogen and oxygen atoms in total. The zero-order valence-electron chi connectivity index (χ0n) is 11.2. The van der Waals surface area contributed by atoms with E-state index in [2.05, 4.69) is 6.92 Å². The molecule has 1 aliphatic heterocycles. The van der Waals surface area contributed by atoms with Gasteiger partial charge in [-0.05, 0) is 24.5 Å². The minimum absolute atomic E-state index is 0.154.